The van der Waals surface area contributed by atoms with Gasteiger partial charge in [-0.15, -0.1) is 11.8 Å². The van der Waals surface area contributed by atoms with Crippen LogP contribution in [0.3, 0.4) is 0 Å². The molecular weight excluding hydrogens is 370 g/mol. The number of piperazine rings is 1. The fraction of sp³-hybridized carbons (Fsp3) is 0.333. The van der Waals surface area contributed by atoms with Gasteiger partial charge in [0, 0.05) is 49.6 Å². The van der Waals surface area contributed by atoms with Crippen molar-refractivity contribution in [3.63, 3.8) is 0 Å². The van der Waals surface area contributed by atoms with Crippen molar-refractivity contribution in [3.05, 3.63) is 60.2 Å². The highest BCUT2D eigenvalue weighted by Gasteiger charge is 2.16. The molecule has 1 fully saturated rings. The Bertz CT molecular complexity index is 779. The van der Waals surface area contributed by atoms with Crippen LogP contribution in [0.2, 0.25) is 0 Å². The second kappa shape index (κ2) is 10.6. The molecular formula is C21H27N5OS. The fourth-order valence-electron chi connectivity index (χ4n) is 2.95. The summed E-state index contributed by atoms with van der Waals surface area (Å²) in [6, 6.07) is 18.7. The minimum absolute atomic E-state index is 0.0808. The molecule has 1 saturated heterocycles. The van der Waals surface area contributed by atoms with Gasteiger partial charge in [0.25, 0.3) is 0 Å². The van der Waals surface area contributed by atoms with Gasteiger partial charge in [-0.2, -0.15) is 0 Å². The van der Waals surface area contributed by atoms with E-state index in [1.807, 2.05) is 17.8 Å². The second-order valence-corrected chi connectivity index (χ2v) is 7.62. The van der Waals surface area contributed by atoms with Gasteiger partial charge in [0.05, 0.1) is 6.54 Å². The van der Waals surface area contributed by atoms with Gasteiger partial charge in [-0.25, -0.2) is 0 Å². The predicted molar refractivity (Wildman–Crippen MR) is 117 cm³/mol. The van der Waals surface area contributed by atoms with E-state index in [2.05, 4.69) is 74.4 Å². The van der Waals surface area contributed by atoms with Crippen LogP contribution < -0.4 is 20.9 Å². The van der Waals surface area contributed by atoms with Crippen molar-refractivity contribution in [1.29, 1.82) is 0 Å². The summed E-state index contributed by atoms with van der Waals surface area (Å²) in [4.78, 5) is 19.2. The molecule has 2 aromatic rings. The number of nitrogens with one attached hydrogen (secondary N) is 3. The molecule has 6 nitrogen and oxygen atoms in total. The van der Waals surface area contributed by atoms with Gasteiger partial charge in [-0.05, 0) is 29.8 Å². The summed E-state index contributed by atoms with van der Waals surface area (Å²) in [7, 11) is 1.78. The maximum atomic E-state index is 11.5. The van der Waals surface area contributed by atoms with Crippen LogP contribution in [0.4, 0.5) is 5.69 Å². The third kappa shape index (κ3) is 6.20. The van der Waals surface area contributed by atoms with Crippen molar-refractivity contribution in [1.82, 2.24) is 16.0 Å². The summed E-state index contributed by atoms with van der Waals surface area (Å²) in [6.45, 7) is 3.52. The van der Waals surface area contributed by atoms with Crippen molar-refractivity contribution < 1.29 is 4.79 Å². The lowest BCUT2D eigenvalue weighted by Crippen LogP contribution is -2.47. The largest absolute Gasteiger partial charge is 0.360 e. The third-order valence-electron chi connectivity index (χ3n) is 4.43. The van der Waals surface area contributed by atoms with E-state index in [0.29, 0.717) is 19.6 Å². The van der Waals surface area contributed by atoms with Gasteiger partial charge in [0.1, 0.15) is 0 Å². The maximum absolute atomic E-state index is 11.5. The molecule has 1 aliphatic rings. The number of hydrogen-bond donors (Lipinski definition) is 3. The van der Waals surface area contributed by atoms with E-state index in [-0.39, 0.29) is 5.91 Å². The number of guanidine groups is 1. The predicted octanol–water partition coefficient (Wildman–Crippen LogP) is 2.08. The van der Waals surface area contributed by atoms with Crippen molar-refractivity contribution in [2.24, 2.45) is 4.99 Å². The highest BCUT2D eigenvalue weighted by atomic mass is 32.2. The first-order chi connectivity index (χ1) is 13.7. The molecule has 0 spiro atoms. The zero-order chi connectivity index (χ0) is 19.6. The number of rotatable bonds is 7. The van der Waals surface area contributed by atoms with Crippen molar-refractivity contribution in [2.75, 3.05) is 43.9 Å². The summed E-state index contributed by atoms with van der Waals surface area (Å²) in [5, 5.41) is 9.54. The molecule has 1 heterocycles. The average Bonchev–Trinajstić information content (AvgIpc) is 2.74. The molecule has 2 aromatic carbocycles. The Hall–Kier alpha value is -2.67. The molecule has 0 unspecified atom stereocenters. The number of carbonyl (C=O) groups excluding carboxylic acids is 1. The van der Waals surface area contributed by atoms with Crippen LogP contribution in [0, 0.1) is 0 Å². The molecule has 0 aliphatic carbocycles. The van der Waals surface area contributed by atoms with E-state index < -0.39 is 0 Å². The van der Waals surface area contributed by atoms with Crippen molar-refractivity contribution >= 4 is 29.3 Å². The summed E-state index contributed by atoms with van der Waals surface area (Å²) in [5.74, 6) is 1.85. The van der Waals surface area contributed by atoms with Crippen LogP contribution in [0.25, 0.3) is 0 Å². The summed E-state index contributed by atoms with van der Waals surface area (Å²) < 4.78 is 0. The van der Waals surface area contributed by atoms with E-state index in [9.17, 15) is 4.79 Å². The van der Waals surface area contributed by atoms with Gasteiger partial charge >= 0.3 is 0 Å². The molecule has 0 saturated carbocycles. The molecule has 3 N–H and O–H groups in total. The van der Waals surface area contributed by atoms with Gasteiger partial charge < -0.3 is 20.9 Å². The second-order valence-electron chi connectivity index (χ2n) is 6.45. The van der Waals surface area contributed by atoms with E-state index in [1.165, 1.54) is 10.5 Å². The van der Waals surface area contributed by atoms with E-state index >= 15 is 0 Å². The lowest BCUT2D eigenvalue weighted by Gasteiger charge is -2.28. The number of hydrogen-bond acceptors (Lipinski definition) is 4. The molecule has 7 heteroatoms. The summed E-state index contributed by atoms with van der Waals surface area (Å²) in [6.07, 6.45) is 0. The van der Waals surface area contributed by atoms with Gasteiger partial charge in [-0.3, -0.25) is 9.79 Å². The first-order valence-electron chi connectivity index (χ1n) is 9.47. The normalized spacial score (nSPS) is 14.5. The molecule has 1 amide bonds. The quantitative estimate of drug-likeness (QED) is 0.289. The smallest absolute Gasteiger partial charge is 0.239 e. The van der Waals surface area contributed by atoms with Crippen LogP contribution >= 0.6 is 11.8 Å². The Morgan fingerprint density at radius 1 is 1.14 bits per heavy atom. The minimum Gasteiger partial charge on any atom is -0.360 e. The number of amides is 1. The fourth-order valence-corrected chi connectivity index (χ4v) is 3.73. The minimum atomic E-state index is 0.0808. The Balaban J connectivity index is 1.40. The molecule has 28 heavy (non-hydrogen) atoms. The molecule has 0 radical (unpaired) electrons. The van der Waals surface area contributed by atoms with E-state index in [4.69, 9.17) is 0 Å². The third-order valence-corrected chi connectivity index (χ3v) is 5.44. The number of aliphatic imine (C=N–C) groups is 1. The number of anilines is 1. The van der Waals surface area contributed by atoms with Gasteiger partial charge in [-0.1, -0.05) is 30.3 Å². The first kappa shape index (κ1) is 20.1. The Labute approximate surface area is 170 Å². The van der Waals surface area contributed by atoms with Crippen molar-refractivity contribution in [3.8, 4) is 0 Å². The maximum Gasteiger partial charge on any atom is 0.239 e. The van der Waals surface area contributed by atoms with Crippen LogP contribution in [0.1, 0.15) is 5.56 Å². The number of thioether (sulfide) groups is 1. The summed E-state index contributed by atoms with van der Waals surface area (Å²) in [5.41, 5.74) is 2.26. The Morgan fingerprint density at radius 2 is 1.93 bits per heavy atom. The van der Waals surface area contributed by atoms with E-state index in [0.717, 1.165) is 30.5 Å². The lowest BCUT2D eigenvalue weighted by atomic mass is 10.2. The monoisotopic (exact) mass is 397 g/mol. The molecule has 3 rings (SSSR count). The van der Waals surface area contributed by atoms with Crippen molar-refractivity contribution in [2.45, 2.75) is 11.4 Å². The van der Waals surface area contributed by atoms with Gasteiger partial charge in [0.15, 0.2) is 5.96 Å². The standard InChI is InChI=1S/C21H27N5OS/c1-22-21(24-12-14-28-19-5-3-2-4-6-19)25-15-17-7-9-18(10-8-17)26-13-11-23-20(27)16-26/h2-10H,11-16H2,1H3,(H,23,27)(H2,22,24,25). The van der Waals surface area contributed by atoms with Crippen LogP contribution in [0.5, 0.6) is 0 Å². The number of nitrogens with zero attached hydrogens (tertiary/aromatic N) is 2. The SMILES string of the molecule is CN=C(NCCSc1ccccc1)NCc1ccc(N2CCNC(=O)C2)cc1. The molecule has 1 aliphatic heterocycles. The number of carbonyl (C=O) groups is 1. The average molecular weight is 398 g/mol. The molecule has 148 valence electrons. The lowest BCUT2D eigenvalue weighted by molar-refractivity contribution is -0.120. The molecule has 0 aromatic heterocycles. The zero-order valence-corrected chi connectivity index (χ0v) is 17.0. The molecule has 0 bridgehead atoms. The topological polar surface area (TPSA) is 68.8 Å². The highest BCUT2D eigenvalue weighted by Crippen LogP contribution is 2.16. The zero-order valence-electron chi connectivity index (χ0n) is 16.1. The Kier molecular flexibility index (Phi) is 7.61. The summed E-state index contributed by atoms with van der Waals surface area (Å²) >= 11 is 1.82. The molecule has 0 atom stereocenters. The van der Waals surface area contributed by atoms with Crippen LogP contribution in [-0.2, 0) is 11.3 Å². The Morgan fingerprint density at radius 3 is 2.64 bits per heavy atom. The van der Waals surface area contributed by atoms with Crippen LogP contribution in [-0.4, -0.2) is 50.8 Å². The van der Waals surface area contributed by atoms with E-state index in [1.54, 1.807) is 7.05 Å². The van der Waals surface area contributed by atoms with Gasteiger partial charge in [0.2, 0.25) is 5.91 Å². The first-order valence-corrected chi connectivity index (χ1v) is 10.5. The van der Waals surface area contributed by atoms with Crippen LogP contribution in [0.15, 0.2) is 64.5 Å². The number of benzene rings is 2. The highest BCUT2D eigenvalue weighted by molar-refractivity contribution is 7.99.